The van der Waals surface area contributed by atoms with E-state index in [1.165, 1.54) is 19.2 Å². The Morgan fingerprint density at radius 1 is 1.20 bits per heavy atom. The first-order valence-corrected chi connectivity index (χ1v) is 9.16. The molecule has 0 radical (unpaired) electrons. The molecule has 1 aromatic carbocycles. The van der Waals surface area contributed by atoms with E-state index in [1.807, 2.05) is 0 Å². The number of hydrogen-bond acceptors (Lipinski definition) is 7. The molecule has 1 aromatic rings. The number of esters is 1. The summed E-state index contributed by atoms with van der Waals surface area (Å²) >= 11 is 0. The third kappa shape index (κ3) is 5.61. The van der Waals surface area contributed by atoms with Crippen molar-refractivity contribution in [2.45, 2.75) is 17.7 Å². The van der Waals surface area contributed by atoms with E-state index in [0.29, 0.717) is 24.7 Å². The van der Waals surface area contributed by atoms with Crippen molar-refractivity contribution < 1.29 is 32.2 Å². The molecule has 2 N–H and O–H groups in total. The van der Waals surface area contributed by atoms with Crippen LogP contribution in [-0.2, 0) is 24.3 Å². The van der Waals surface area contributed by atoms with Crippen molar-refractivity contribution >= 4 is 21.9 Å². The second kappa shape index (κ2) is 8.67. The Bertz CT molecular complexity index is 733. The van der Waals surface area contributed by atoms with Gasteiger partial charge in [0.15, 0.2) is 18.1 Å². The molecule has 0 atom stereocenters. The van der Waals surface area contributed by atoms with Gasteiger partial charge in [-0.15, -0.1) is 0 Å². The Labute approximate surface area is 145 Å². The number of likely N-dealkylation sites (N-methyl/N-ethyl adjacent to an activating group) is 1. The third-order valence-corrected chi connectivity index (χ3v) is 4.78. The van der Waals surface area contributed by atoms with E-state index in [1.54, 1.807) is 6.07 Å². The van der Waals surface area contributed by atoms with Crippen LogP contribution in [0.1, 0.15) is 12.8 Å². The lowest BCUT2D eigenvalue weighted by Gasteiger charge is -2.18. The summed E-state index contributed by atoms with van der Waals surface area (Å²) < 4.78 is 42.3. The minimum absolute atomic E-state index is 0.000648. The van der Waals surface area contributed by atoms with E-state index in [0.717, 1.165) is 0 Å². The van der Waals surface area contributed by atoms with Gasteiger partial charge < -0.3 is 19.5 Å². The molecule has 0 spiro atoms. The lowest BCUT2D eigenvalue weighted by molar-refractivity contribution is -0.148. The minimum atomic E-state index is -3.72. The number of benzene rings is 1. The van der Waals surface area contributed by atoms with Gasteiger partial charge in [-0.05, 0) is 18.6 Å². The molecular weight excluding hydrogens is 352 g/mol. The molecule has 0 aliphatic carbocycles. The fourth-order valence-electron chi connectivity index (χ4n) is 2.00. The number of carbonyl (C=O) groups is 2. The number of fused-ring (bicyclic) bond motifs is 1. The predicted molar refractivity (Wildman–Crippen MR) is 86.9 cm³/mol. The summed E-state index contributed by atoms with van der Waals surface area (Å²) in [5.74, 6) is -0.0919. The lowest BCUT2D eigenvalue weighted by Crippen LogP contribution is -2.27. The first kappa shape index (κ1) is 19.0. The Kier molecular flexibility index (Phi) is 6.59. The average molecular weight is 372 g/mol. The molecule has 9 nitrogen and oxygen atoms in total. The van der Waals surface area contributed by atoms with E-state index in [2.05, 4.69) is 10.0 Å². The second-order valence-corrected chi connectivity index (χ2v) is 6.91. The average Bonchev–Trinajstić information content (AvgIpc) is 2.62. The summed E-state index contributed by atoms with van der Waals surface area (Å²) in [5.41, 5.74) is 0. The molecule has 0 aromatic heterocycles. The number of hydrogen-bond donors (Lipinski definition) is 2. The van der Waals surface area contributed by atoms with E-state index < -0.39 is 21.9 Å². The van der Waals surface area contributed by atoms with E-state index in [-0.39, 0.29) is 30.9 Å². The number of sulfonamides is 1. The zero-order valence-corrected chi connectivity index (χ0v) is 14.6. The van der Waals surface area contributed by atoms with Crippen molar-refractivity contribution in [3.8, 4) is 11.5 Å². The molecule has 1 aliphatic heterocycles. The second-order valence-electron chi connectivity index (χ2n) is 5.14. The van der Waals surface area contributed by atoms with Crippen molar-refractivity contribution in [2.75, 3.05) is 33.4 Å². The van der Waals surface area contributed by atoms with Gasteiger partial charge in [0.05, 0.1) is 4.90 Å². The Hall–Kier alpha value is -2.33. The summed E-state index contributed by atoms with van der Waals surface area (Å²) in [6.07, 6.45) is 0.247. The van der Waals surface area contributed by atoms with Crippen LogP contribution < -0.4 is 19.5 Å². The molecule has 25 heavy (non-hydrogen) atoms. The highest BCUT2D eigenvalue weighted by molar-refractivity contribution is 7.89. The van der Waals surface area contributed by atoms with Gasteiger partial charge >= 0.3 is 5.97 Å². The van der Waals surface area contributed by atoms with Crippen LogP contribution in [0.25, 0.3) is 0 Å². The molecule has 10 heteroatoms. The van der Waals surface area contributed by atoms with Crippen LogP contribution in [0.5, 0.6) is 11.5 Å². The van der Waals surface area contributed by atoms with Gasteiger partial charge in [0.1, 0.15) is 13.2 Å². The normalized spacial score (nSPS) is 13.2. The lowest BCUT2D eigenvalue weighted by atomic mass is 10.3. The van der Waals surface area contributed by atoms with Crippen molar-refractivity contribution in [2.24, 2.45) is 0 Å². The fraction of sp³-hybridized carbons (Fsp3) is 0.467. The summed E-state index contributed by atoms with van der Waals surface area (Å²) in [4.78, 5) is 22.4. The van der Waals surface area contributed by atoms with Gasteiger partial charge in [-0.1, -0.05) is 0 Å². The number of rotatable bonds is 8. The number of amides is 1. The molecule has 0 bridgehead atoms. The van der Waals surface area contributed by atoms with E-state index in [4.69, 9.17) is 14.2 Å². The first-order valence-electron chi connectivity index (χ1n) is 7.68. The van der Waals surface area contributed by atoms with Crippen LogP contribution >= 0.6 is 0 Å². The quantitative estimate of drug-likeness (QED) is 0.479. The molecule has 0 saturated heterocycles. The molecule has 1 heterocycles. The molecule has 138 valence electrons. The fourth-order valence-corrected chi connectivity index (χ4v) is 3.09. The maximum absolute atomic E-state index is 12.2. The third-order valence-electron chi connectivity index (χ3n) is 3.32. The number of ether oxygens (including phenoxy) is 3. The van der Waals surface area contributed by atoms with Crippen molar-refractivity contribution in [1.29, 1.82) is 0 Å². The topological polar surface area (TPSA) is 120 Å². The zero-order valence-electron chi connectivity index (χ0n) is 13.7. The van der Waals surface area contributed by atoms with Crippen LogP contribution in [0.15, 0.2) is 23.1 Å². The molecule has 1 amide bonds. The standard InChI is InChI=1S/C15H20N2O7S/c1-16-14(18)10-24-15(19)3-2-6-17-25(20,21)11-4-5-12-13(9-11)23-8-7-22-12/h4-5,9,17H,2-3,6-8,10H2,1H3,(H,16,18). The van der Waals surface area contributed by atoms with Gasteiger partial charge in [-0.2, -0.15) is 0 Å². The zero-order chi connectivity index (χ0) is 18.3. The monoisotopic (exact) mass is 372 g/mol. The molecule has 1 aliphatic rings. The van der Waals surface area contributed by atoms with Crippen molar-refractivity contribution in [1.82, 2.24) is 10.0 Å². The van der Waals surface area contributed by atoms with Crippen molar-refractivity contribution in [3.63, 3.8) is 0 Å². The van der Waals surface area contributed by atoms with Gasteiger partial charge in [-0.25, -0.2) is 13.1 Å². The van der Waals surface area contributed by atoms with Crippen LogP contribution in [-0.4, -0.2) is 53.7 Å². The number of carbonyl (C=O) groups excluding carboxylic acids is 2. The Morgan fingerprint density at radius 3 is 2.64 bits per heavy atom. The summed E-state index contributed by atoms with van der Waals surface area (Å²) in [5, 5.41) is 2.32. The first-order chi connectivity index (χ1) is 11.9. The highest BCUT2D eigenvalue weighted by Crippen LogP contribution is 2.32. The van der Waals surface area contributed by atoms with Gasteiger partial charge in [0, 0.05) is 26.1 Å². The smallest absolute Gasteiger partial charge is 0.306 e. The predicted octanol–water partition coefficient (Wildman–Crippen LogP) is -0.194. The highest BCUT2D eigenvalue weighted by Gasteiger charge is 2.19. The van der Waals surface area contributed by atoms with Gasteiger partial charge in [0.25, 0.3) is 5.91 Å². The Balaban J connectivity index is 1.80. The molecular formula is C15H20N2O7S. The van der Waals surface area contributed by atoms with Crippen LogP contribution in [0, 0.1) is 0 Å². The highest BCUT2D eigenvalue weighted by atomic mass is 32.2. The molecule has 0 fully saturated rings. The summed E-state index contributed by atoms with van der Waals surface area (Å²) in [6.45, 7) is 0.500. The summed E-state index contributed by atoms with van der Waals surface area (Å²) in [7, 11) is -2.29. The summed E-state index contributed by atoms with van der Waals surface area (Å²) in [6, 6.07) is 4.36. The number of nitrogens with one attached hydrogen (secondary N) is 2. The molecule has 2 rings (SSSR count). The van der Waals surface area contributed by atoms with Crippen LogP contribution in [0.4, 0.5) is 0 Å². The van der Waals surface area contributed by atoms with E-state index in [9.17, 15) is 18.0 Å². The molecule has 0 unspecified atom stereocenters. The van der Waals surface area contributed by atoms with Gasteiger partial charge in [-0.3, -0.25) is 9.59 Å². The Morgan fingerprint density at radius 2 is 1.92 bits per heavy atom. The SMILES string of the molecule is CNC(=O)COC(=O)CCCNS(=O)(=O)c1ccc2c(c1)OCCO2. The maximum atomic E-state index is 12.2. The van der Waals surface area contributed by atoms with Gasteiger partial charge in [0.2, 0.25) is 10.0 Å². The largest absolute Gasteiger partial charge is 0.486 e. The van der Waals surface area contributed by atoms with Crippen LogP contribution in [0.2, 0.25) is 0 Å². The van der Waals surface area contributed by atoms with E-state index >= 15 is 0 Å². The minimum Gasteiger partial charge on any atom is -0.486 e. The van der Waals surface area contributed by atoms with Crippen LogP contribution in [0.3, 0.4) is 0 Å². The van der Waals surface area contributed by atoms with Crippen molar-refractivity contribution in [3.05, 3.63) is 18.2 Å². The molecule has 0 saturated carbocycles. The maximum Gasteiger partial charge on any atom is 0.306 e.